The molecule has 11 heavy (non-hydrogen) atoms. The number of carbonyl (C=O) groups excluding carboxylic acids is 1. The molecule has 0 radical (unpaired) electrons. The molecule has 0 spiro atoms. The van der Waals surface area contributed by atoms with Crippen LogP contribution in [-0.4, -0.2) is 8.90 Å². The number of hydrogen-bond acceptors (Lipinski definition) is 2. The van der Waals surface area contributed by atoms with Crippen molar-refractivity contribution in [1.29, 1.82) is 0 Å². The van der Waals surface area contributed by atoms with Crippen molar-refractivity contribution in [2.24, 2.45) is 0 Å². The Hall–Kier alpha value is -0.580. The molecule has 0 aliphatic heterocycles. The number of phenolic OH excluding ortho intramolecular Hbond substituents is 1. The SMILES string of the molecule is O=C(I)Cc1ccccc1O. The third kappa shape index (κ3) is 2.49. The summed E-state index contributed by atoms with van der Waals surface area (Å²) < 4.78 is 0.0316. The Morgan fingerprint density at radius 2 is 2.09 bits per heavy atom. The first-order chi connectivity index (χ1) is 5.20. The normalized spacial score (nSPS) is 9.55. The highest BCUT2D eigenvalue weighted by Crippen LogP contribution is 2.16. The first-order valence-electron chi connectivity index (χ1n) is 3.15. The molecule has 1 aromatic carbocycles. The van der Waals surface area contributed by atoms with E-state index in [0.29, 0.717) is 12.0 Å². The smallest absolute Gasteiger partial charge is 0.196 e. The molecule has 0 heterocycles. The number of carbonyl (C=O) groups is 1. The summed E-state index contributed by atoms with van der Waals surface area (Å²) in [6, 6.07) is 6.85. The average Bonchev–Trinajstić information content (AvgIpc) is 1.93. The molecule has 0 atom stereocenters. The van der Waals surface area contributed by atoms with Crippen LogP contribution in [0.15, 0.2) is 24.3 Å². The molecule has 0 aliphatic carbocycles. The summed E-state index contributed by atoms with van der Waals surface area (Å²) in [4.78, 5) is 10.6. The molecule has 0 fully saturated rings. The summed E-state index contributed by atoms with van der Waals surface area (Å²) in [5, 5.41) is 9.20. The first kappa shape index (κ1) is 8.52. The van der Waals surface area contributed by atoms with E-state index < -0.39 is 0 Å². The Morgan fingerprint density at radius 1 is 1.45 bits per heavy atom. The summed E-state index contributed by atoms with van der Waals surface area (Å²) in [5.41, 5.74) is 0.687. The third-order valence-corrected chi connectivity index (χ3v) is 1.70. The quantitative estimate of drug-likeness (QED) is 0.652. The van der Waals surface area contributed by atoms with Crippen molar-refractivity contribution < 1.29 is 9.90 Å². The molecule has 58 valence electrons. The third-order valence-electron chi connectivity index (χ3n) is 1.32. The zero-order chi connectivity index (χ0) is 8.27. The number of hydrogen-bond donors (Lipinski definition) is 1. The van der Waals surface area contributed by atoms with Gasteiger partial charge in [-0.05, 0) is 28.7 Å². The fraction of sp³-hybridized carbons (Fsp3) is 0.125. The van der Waals surface area contributed by atoms with E-state index in [1.54, 1.807) is 46.9 Å². The molecule has 1 N–H and O–H groups in total. The lowest BCUT2D eigenvalue weighted by molar-refractivity contribution is -0.108. The van der Waals surface area contributed by atoms with Gasteiger partial charge in [0.05, 0.1) is 0 Å². The van der Waals surface area contributed by atoms with Gasteiger partial charge in [-0.15, -0.1) is 0 Å². The summed E-state index contributed by atoms with van der Waals surface area (Å²) in [6.45, 7) is 0. The number of rotatable bonds is 2. The Bertz CT molecular complexity index is 271. The summed E-state index contributed by atoms with van der Waals surface area (Å²) in [5.74, 6) is 0.192. The minimum absolute atomic E-state index is 0.0316. The Labute approximate surface area is 78.4 Å². The Kier molecular flexibility index (Phi) is 2.87. The molecule has 0 saturated heterocycles. The van der Waals surface area contributed by atoms with Gasteiger partial charge in [0, 0.05) is 12.0 Å². The zero-order valence-electron chi connectivity index (χ0n) is 5.75. The van der Waals surface area contributed by atoms with Gasteiger partial charge in [0.2, 0.25) is 0 Å². The predicted molar refractivity (Wildman–Crippen MR) is 50.8 cm³/mol. The number of phenols is 1. The maximum absolute atomic E-state index is 10.6. The molecular weight excluding hydrogens is 255 g/mol. The standard InChI is InChI=1S/C8H7IO2/c9-8(11)5-6-3-1-2-4-7(6)10/h1-4,10H,5H2. The Morgan fingerprint density at radius 3 is 2.64 bits per heavy atom. The van der Waals surface area contributed by atoms with E-state index in [4.69, 9.17) is 0 Å². The van der Waals surface area contributed by atoms with Gasteiger partial charge in [0.15, 0.2) is 3.79 Å². The van der Waals surface area contributed by atoms with E-state index in [2.05, 4.69) is 0 Å². The van der Waals surface area contributed by atoms with Gasteiger partial charge in [0.25, 0.3) is 0 Å². The van der Waals surface area contributed by atoms with Crippen molar-refractivity contribution in [1.82, 2.24) is 0 Å². The largest absolute Gasteiger partial charge is 0.508 e. The van der Waals surface area contributed by atoms with Crippen LogP contribution < -0.4 is 0 Å². The van der Waals surface area contributed by atoms with Gasteiger partial charge in [-0.3, -0.25) is 4.79 Å². The highest BCUT2D eigenvalue weighted by atomic mass is 127. The molecular formula is C8H7IO2. The van der Waals surface area contributed by atoms with E-state index in [1.807, 2.05) is 0 Å². The van der Waals surface area contributed by atoms with Crippen molar-refractivity contribution in [3.63, 3.8) is 0 Å². The van der Waals surface area contributed by atoms with Gasteiger partial charge in [-0.2, -0.15) is 0 Å². The lowest BCUT2D eigenvalue weighted by Crippen LogP contribution is -1.92. The number of halogens is 1. The topological polar surface area (TPSA) is 37.3 Å². The minimum atomic E-state index is 0.0316. The van der Waals surface area contributed by atoms with Crippen LogP contribution in [0.4, 0.5) is 0 Å². The second kappa shape index (κ2) is 3.71. The van der Waals surface area contributed by atoms with E-state index in [0.717, 1.165) is 0 Å². The van der Waals surface area contributed by atoms with E-state index in [-0.39, 0.29) is 9.54 Å². The molecule has 0 aliphatic rings. The zero-order valence-corrected chi connectivity index (χ0v) is 7.91. The molecule has 0 unspecified atom stereocenters. The summed E-state index contributed by atoms with van der Waals surface area (Å²) in [6.07, 6.45) is 0.299. The number of aromatic hydroxyl groups is 1. The van der Waals surface area contributed by atoms with Crippen LogP contribution in [0.3, 0.4) is 0 Å². The van der Waals surface area contributed by atoms with Crippen LogP contribution >= 0.6 is 22.6 Å². The lowest BCUT2D eigenvalue weighted by Gasteiger charge is -1.98. The first-order valence-corrected chi connectivity index (χ1v) is 4.23. The lowest BCUT2D eigenvalue weighted by atomic mass is 10.1. The second-order valence-electron chi connectivity index (χ2n) is 2.16. The maximum Gasteiger partial charge on any atom is 0.196 e. The molecule has 0 saturated carbocycles. The van der Waals surface area contributed by atoms with E-state index in [9.17, 15) is 9.90 Å². The van der Waals surface area contributed by atoms with Crippen LogP contribution in [0.2, 0.25) is 0 Å². The minimum Gasteiger partial charge on any atom is -0.508 e. The molecule has 0 aromatic heterocycles. The van der Waals surface area contributed by atoms with Gasteiger partial charge in [0.1, 0.15) is 5.75 Å². The van der Waals surface area contributed by atoms with Crippen molar-refractivity contribution in [3.8, 4) is 5.75 Å². The average molecular weight is 262 g/mol. The maximum atomic E-state index is 10.6. The molecule has 2 nitrogen and oxygen atoms in total. The number of benzene rings is 1. The van der Waals surface area contributed by atoms with Crippen LogP contribution in [0.5, 0.6) is 5.75 Å². The van der Waals surface area contributed by atoms with Crippen LogP contribution in [0.1, 0.15) is 5.56 Å². The van der Waals surface area contributed by atoms with Gasteiger partial charge < -0.3 is 5.11 Å². The monoisotopic (exact) mass is 262 g/mol. The van der Waals surface area contributed by atoms with Crippen LogP contribution in [0, 0.1) is 0 Å². The highest BCUT2D eigenvalue weighted by Gasteiger charge is 2.02. The molecule has 0 amide bonds. The van der Waals surface area contributed by atoms with Crippen molar-refractivity contribution in [3.05, 3.63) is 29.8 Å². The molecule has 3 heteroatoms. The van der Waals surface area contributed by atoms with Crippen LogP contribution in [-0.2, 0) is 11.2 Å². The van der Waals surface area contributed by atoms with Crippen LogP contribution in [0.25, 0.3) is 0 Å². The number of para-hydroxylation sites is 1. The van der Waals surface area contributed by atoms with Crippen molar-refractivity contribution in [2.75, 3.05) is 0 Å². The van der Waals surface area contributed by atoms with Gasteiger partial charge in [-0.25, -0.2) is 0 Å². The predicted octanol–water partition coefficient (Wildman–Crippen LogP) is 1.90. The highest BCUT2D eigenvalue weighted by molar-refractivity contribution is 14.1. The van der Waals surface area contributed by atoms with E-state index in [1.165, 1.54) is 0 Å². The summed E-state index contributed by atoms with van der Waals surface area (Å²) in [7, 11) is 0. The fourth-order valence-electron chi connectivity index (χ4n) is 0.810. The fourth-order valence-corrected chi connectivity index (χ4v) is 1.22. The molecule has 1 rings (SSSR count). The van der Waals surface area contributed by atoms with E-state index >= 15 is 0 Å². The Balaban J connectivity index is 2.86. The molecule has 1 aromatic rings. The molecule has 0 bridgehead atoms. The van der Waals surface area contributed by atoms with Crippen molar-refractivity contribution >= 4 is 26.4 Å². The summed E-state index contributed by atoms with van der Waals surface area (Å²) >= 11 is 1.71. The van der Waals surface area contributed by atoms with Gasteiger partial charge >= 0.3 is 0 Å². The van der Waals surface area contributed by atoms with Crippen molar-refractivity contribution in [2.45, 2.75) is 6.42 Å². The van der Waals surface area contributed by atoms with Gasteiger partial charge in [-0.1, -0.05) is 18.2 Å². The second-order valence-corrected chi connectivity index (χ2v) is 3.36.